The number of benzene rings is 2. The molecule has 0 aliphatic rings. The van der Waals surface area contributed by atoms with Gasteiger partial charge in [0.25, 0.3) is 0 Å². The number of rotatable bonds is 3. The third-order valence-corrected chi connectivity index (χ3v) is 2.77. The molecule has 98 valence electrons. The summed E-state index contributed by atoms with van der Waals surface area (Å²) in [5.41, 5.74) is 1.37. The molecule has 0 heterocycles. The lowest BCUT2D eigenvalue weighted by Gasteiger charge is -2.06. The first-order chi connectivity index (χ1) is 8.95. The Labute approximate surface area is 109 Å². The van der Waals surface area contributed by atoms with Gasteiger partial charge >= 0.3 is 0 Å². The van der Waals surface area contributed by atoms with E-state index in [1.165, 1.54) is 31.2 Å². The Bertz CT molecular complexity index is 616. The molecule has 0 aromatic heterocycles. The number of carbonyl (C=O) groups excluding carboxylic acids is 1. The lowest BCUT2D eigenvalue weighted by atomic mass is 10.0. The van der Waals surface area contributed by atoms with Gasteiger partial charge in [-0.2, -0.15) is 0 Å². The van der Waals surface area contributed by atoms with Gasteiger partial charge in [-0.15, -0.1) is 0 Å². The maximum atomic E-state index is 13.0. The number of phenolic OH excluding ortho intramolecular Hbond substituents is 1. The van der Waals surface area contributed by atoms with Gasteiger partial charge in [-0.1, -0.05) is 6.07 Å². The number of carbonyl (C=O) groups is 1. The quantitative estimate of drug-likeness (QED) is 0.860. The van der Waals surface area contributed by atoms with Gasteiger partial charge in [-0.05, 0) is 48.7 Å². The highest BCUT2D eigenvalue weighted by Gasteiger charge is 2.08. The van der Waals surface area contributed by atoms with E-state index in [9.17, 15) is 18.7 Å². The Morgan fingerprint density at radius 1 is 1.05 bits per heavy atom. The van der Waals surface area contributed by atoms with E-state index >= 15 is 0 Å². The van der Waals surface area contributed by atoms with Crippen molar-refractivity contribution in [1.29, 1.82) is 0 Å². The molecule has 4 heteroatoms. The van der Waals surface area contributed by atoms with Crippen molar-refractivity contribution in [3.05, 3.63) is 64.7 Å². The fourth-order valence-electron chi connectivity index (χ4n) is 1.93. The largest absolute Gasteiger partial charge is 0.507 e. The average Bonchev–Trinajstić information content (AvgIpc) is 2.26. The van der Waals surface area contributed by atoms with Gasteiger partial charge in [0.1, 0.15) is 17.4 Å². The molecule has 0 amide bonds. The third-order valence-electron chi connectivity index (χ3n) is 2.77. The standard InChI is InChI=1S/C15H12F2O2/c1-9(18)14-3-2-10(7-15(14)19)4-11-5-12(16)8-13(17)6-11/h2-3,5-8,19H,4H2,1H3. The molecule has 2 aromatic rings. The molecule has 0 fully saturated rings. The van der Waals surface area contributed by atoms with Crippen LogP contribution in [0.5, 0.6) is 5.75 Å². The molecule has 0 saturated heterocycles. The minimum atomic E-state index is -0.639. The summed E-state index contributed by atoms with van der Waals surface area (Å²) in [7, 11) is 0. The first kappa shape index (κ1) is 13.2. The van der Waals surface area contributed by atoms with Gasteiger partial charge in [-0.25, -0.2) is 8.78 Å². The monoisotopic (exact) mass is 262 g/mol. The van der Waals surface area contributed by atoms with Gasteiger partial charge in [0, 0.05) is 6.07 Å². The first-order valence-electron chi connectivity index (χ1n) is 5.73. The highest BCUT2D eigenvalue weighted by Crippen LogP contribution is 2.21. The zero-order chi connectivity index (χ0) is 14.0. The molecular weight excluding hydrogens is 250 g/mol. The van der Waals surface area contributed by atoms with Crippen molar-refractivity contribution in [2.45, 2.75) is 13.3 Å². The highest BCUT2D eigenvalue weighted by atomic mass is 19.1. The number of aromatic hydroxyl groups is 1. The van der Waals surface area contributed by atoms with Crippen molar-refractivity contribution in [2.75, 3.05) is 0 Å². The van der Waals surface area contributed by atoms with E-state index in [0.717, 1.165) is 6.07 Å². The van der Waals surface area contributed by atoms with Gasteiger partial charge in [0.2, 0.25) is 0 Å². The van der Waals surface area contributed by atoms with Crippen molar-refractivity contribution in [3.63, 3.8) is 0 Å². The SMILES string of the molecule is CC(=O)c1ccc(Cc2cc(F)cc(F)c2)cc1O. The fraction of sp³-hybridized carbons (Fsp3) is 0.133. The van der Waals surface area contributed by atoms with Crippen LogP contribution >= 0.6 is 0 Å². The van der Waals surface area contributed by atoms with Crippen molar-refractivity contribution in [3.8, 4) is 5.75 Å². The first-order valence-corrected chi connectivity index (χ1v) is 5.73. The highest BCUT2D eigenvalue weighted by molar-refractivity contribution is 5.96. The van der Waals surface area contributed by atoms with Gasteiger partial charge in [-0.3, -0.25) is 4.79 Å². The van der Waals surface area contributed by atoms with Crippen molar-refractivity contribution in [2.24, 2.45) is 0 Å². The van der Waals surface area contributed by atoms with E-state index in [1.54, 1.807) is 6.07 Å². The molecule has 0 aliphatic heterocycles. The molecule has 0 aliphatic carbocycles. The zero-order valence-corrected chi connectivity index (χ0v) is 10.3. The Morgan fingerprint density at radius 2 is 1.68 bits per heavy atom. The summed E-state index contributed by atoms with van der Waals surface area (Å²) in [6.45, 7) is 1.36. The number of phenols is 1. The van der Waals surface area contributed by atoms with E-state index in [1.807, 2.05) is 0 Å². The van der Waals surface area contributed by atoms with E-state index in [2.05, 4.69) is 0 Å². The smallest absolute Gasteiger partial charge is 0.163 e. The maximum absolute atomic E-state index is 13.0. The van der Waals surface area contributed by atoms with Crippen LogP contribution in [0.1, 0.15) is 28.4 Å². The van der Waals surface area contributed by atoms with Crippen LogP contribution in [0, 0.1) is 11.6 Å². The predicted octanol–water partition coefficient (Wildman–Crippen LogP) is 3.46. The second-order valence-corrected chi connectivity index (χ2v) is 4.36. The zero-order valence-electron chi connectivity index (χ0n) is 10.3. The molecule has 0 spiro atoms. The van der Waals surface area contributed by atoms with Crippen LogP contribution in [0.2, 0.25) is 0 Å². The van der Waals surface area contributed by atoms with E-state index in [-0.39, 0.29) is 23.5 Å². The number of ketones is 1. The van der Waals surface area contributed by atoms with Crippen LogP contribution in [0.3, 0.4) is 0 Å². The molecule has 1 N–H and O–H groups in total. The van der Waals surface area contributed by atoms with Gasteiger partial charge in [0.05, 0.1) is 5.56 Å². The summed E-state index contributed by atoms with van der Waals surface area (Å²) in [5.74, 6) is -1.64. The van der Waals surface area contributed by atoms with Gasteiger partial charge < -0.3 is 5.11 Å². The van der Waals surface area contributed by atoms with Crippen LogP contribution in [-0.4, -0.2) is 10.9 Å². The average molecular weight is 262 g/mol. The van der Waals surface area contributed by atoms with Crippen LogP contribution in [-0.2, 0) is 6.42 Å². The Morgan fingerprint density at radius 3 is 2.21 bits per heavy atom. The van der Waals surface area contributed by atoms with Crippen molar-refractivity contribution in [1.82, 2.24) is 0 Å². The fourth-order valence-corrected chi connectivity index (χ4v) is 1.93. The Kier molecular flexibility index (Phi) is 3.60. The van der Waals surface area contributed by atoms with E-state index < -0.39 is 11.6 Å². The summed E-state index contributed by atoms with van der Waals surface area (Å²) >= 11 is 0. The molecule has 0 radical (unpaired) electrons. The van der Waals surface area contributed by atoms with Gasteiger partial charge in [0.15, 0.2) is 5.78 Å². The second kappa shape index (κ2) is 5.18. The molecule has 2 aromatic carbocycles. The molecule has 0 bridgehead atoms. The van der Waals surface area contributed by atoms with Crippen molar-refractivity contribution < 1.29 is 18.7 Å². The molecule has 0 atom stereocenters. The summed E-state index contributed by atoms with van der Waals surface area (Å²) in [6, 6.07) is 7.86. The summed E-state index contributed by atoms with van der Waals surface area (Å²) in [5, 5.41) is 9.68. The number of hydrogen-bond acceptors (Lipinski definition) is 2. The van der Waals surface area contributed by atoms with E-state index in [4.69, 9.17) is 0 Å². The Hall–Kier alpha value is -2.23. The normalized spacial score (nSPS) is 10.5. The molecule has 2 rings (SSSR count). The van der Waals surface area contributed by atoms with Crippen molar-refractivity contribution >= 4 is 5.78 Å². The summed E-state index contributed by atoms with van der Waals surface area (Å²) in [4.78, 5) is 11.2. The molecule has 2 nitrogen and oxygen atoms in total. The third kappa shape index (κ3) is 3.16. The predicted molar refractivity (Wildman–Crippen MR) is 67.3 cm³/mol. The van der Waals surface area contributed by atoms with Crippen LogP contribution in [0.25, 0.3) is 0 Å². The lowest BCUT2D eigenvalue weighted by Crippen LogP contribution is -1.95. The number of Topliss-reactive ketones (excluding diaryl/α,β-unsaturated/α-hetero) is 1. The van der Waals surface area contributed by atoms with E-state index in [0.29, 0.717) is 11.1 Å². The molecule has 19 heavy (non-hydrogen) atoms. The minimum absolute atomic E-state index is 0.123. The molecule has 0 unspecified atom stereocenters. The van der Waals surface area contributed by atoms with Crippen LogP contribution in [0.15, 0.2) is 36.4 Å². The second-order valence-electron chi connectivity index (χ2n) is 4.36. The molecule has 0 saturated carbocycles. The Balaban J connectivity index is 2.28. The summed E-state index contributed by atoms with van der Waals surface area (Å²) in [6.07, 6.45) is 0.278. The molecular formula is C15H12F2O2. The number of halogens is 2. The van der Waals surface area contributed by atoms with Crippen LogP contribution < -0.4 is 0 Å². The lowest BCUT2D eigenvalue weighted by molar-refractivity contribution is 0.101. The topological polar surface area (TPSA) is 37.3 Å². The minimum Gasteiger partial charge on any atom is -0.507 e. The number of hydrogen-bond donors (Lipinski definition) is 1. The maximum Gasteiger partial charge on any atom is 0.163 e. The summed E-state index contributed by atoms with van der Waals surface area (Å²) < 4.78 is 26.1. The van der Waals surface area contributed by atoms with Crippen LogP contribution in [0.4, 0.5) is 8.78 Å².